The molecule has 0 aromatic carbocycles. The van der Waals surface area contributed by atoms with Crippen LogP contribution in [0.1, 0.15) is 20.3 Å². The zero-order valence-corrected chi connectivity index (χ0v) is 9.71. The third-order valence-electron chi connectivity index (χ3n) is 2.21. The number of carbonyl (C=O) groups excluding carboxylic acids is 1. The predicted molar refractivity (Wildman–Crippen MR) is 58.8 cm³/mol. The molecule has 0 radical (unpaired) electrons. The molecule has 1 fully saturated rings. The second kappa shape index (κ2) is 7.42. The highest BCUT2D eigenvalue weighted by molar-refractivity contribution is 5.85. The molecule has 13 heavy (non-hydrogen) atoms. The summed E-state index contributed by atoms with van der Waals surface area (Å²) in [6, 6.07) is 0.507. The maximum atomic E-state index is 11.2. The maximum Gasteiger partial charge on any atom is 0.236 e. The van der Waals surface area contributed by atoms with Gasteiger partial charge in [0.15, 0.2) is 0 Å². The van der Waals surface area contributed by atoms with Crippen molar-refractivity contribution < 1.29 is 4.79 Å². The molecular weight excluding hydrogens is 211 g/mol. The minimum absolute atomic E-state index is 0. The van der Waals surface area contributed by atoms with E-state index in [1.807, 2.05) is 11.8 Å². The van der Waals surface area contributed by atoms with Crippen molar-refractivity contribution in [2.45, 2.75) is 26.3 Å². The van der Waals surface area contributed by atoms with Crippen LogP contribution in [0, 0.1) is 0 Å². The van der Waals surface area contributed by atoms with E-state index in [4.69, 9.17) is 0 Å². The van der Waals surface area contributed by atoms with Gasteiger partial charge in [-0.15, -0.1) is 24.8 Å². The van der Waals surface area contributed by atoms with Crippen molar-refractivity contribution in [2.75, 3.05) is 19.6 Å². The van der Waals surface area contributed by atoms with Crippen LogP contribution in [0.4, 0.5) is 0 Å². The summed E-state index contributed by atoms with van der Waals surface area (Å²) in [6.45, 7) is 6.41. The van der Waals surface area contributed by atoms with Crippen LogP contribution in [0.15, 0.2) is 0 Å². The number of carbonyl (C=O) groups is 1. The second-order valence-corrected chi connectivity index (χ2v) is 2.92. The summed E-state index contributed by atoms with van der Waals surface area (Å²) in [4.78, 5) is 13.1. The average Bonchev–Trinajstić information content (AvgIpc) is 2.05. The minimum atomic E-state index is 0. The van der Waals surface area contributed by atoms with Crippen LogP contribution < -0.4 is 5.32 Å². The van der Waals surface area contributed by atoms with Crippen LogP contribution in [0.5, 0.6) is 0 Å². The van der Waals surface area contributed by atoms with Crippen LogP contribution in [-0.2, 0) is 4.79 Å². The standard InChI is InChI=1S/C8H16N2O.2ClH/c1-3-7-6-10(4-2)8(11)5-9-7;;/h7,9H,3-6H2,1-2H3;2*1H. The van der Waals surface area contributed by atoms with Crippen LogP contribution in [0.3, 0.4) is 0 Å². The van der Waals surface area contributed by atoms with Crippen molar-refractivity contribution in [1.29, 1.82) is 0 Å². The Kier molecular flexibility index (Phi) is 8.83. The van der Waals surface area contributed by atoms with E-state index in [-0.39, 0.29) is 30.7 Å². The van der Waals surface area contributed by atoms with Gasteiger partial charge in [0.1, 0.15) is 0 Å². The molecule has 0 aromatic rings. The summed E-state index contributed by atoms with van der Waals surface area (Å²) in [5.74, 6) is 0.234. The van der Waals surface area contributed by atoms with Crippen molar-refractivity contribution in [2.24, 2.45) is 0 Å². The Hall–Kier alpha value is 0.01000. The van der Waals surface area contributed by atoms with Crippen molar-refractivity contribution in [3.8, 4) is 0 Å². The van der Waals surface area contributed by atoms with Gasteiger partial charge >= 0.3 is 0 Å². The quantitative estimate of drug-likeness (QED) is 0.767. The van der Waals surface area contributed by atoms with Crippen molar-refractivity contribution in [3.05, 3.63) is 0 Å². The van der Waals surface area contributed by atoms with Crippen LogP contribution in [0.25, 0.3) is 0 Å². The van der Waals surface area contributed by atoms with Crippen molar-refractivity contribution >= 4 is 30.7 Å². The van der Waals surface area contributed by atoms with Crippen LogP contribution in [0.2, 0.25) is 0 Å². The fraction of sp³-hybridized carbons (Fsp3) is 0.875. The lowest BCUT2D eigenvalue weighted by atomic mass is 10.1. The molecule has 0 spiro atoms. The summed E-state index contributed by atoms with van der Waals surface area (Å²) in [6.07, 6.45) is 1.10. The third-order valence-corrected chi connectivity index (χ3v) is 2.21. The number of hydrogen-bond donors (Lipinski definition) is 1. The lowest BCUT2D eigenvalue weighted by molar-refractivity contribution is -0.132. The number of likely N-dealkylation sites (N-methyl/N-ethyl adjacent to an activating group) is 1. The molecule has 0 bridgehead atoms. The van der Waals surface area contributed by atoms with Crippen LogP contribution in [-0.4, -0.2) is 36.5 Å². The first kappa shape index (κ1) is 15.5. The van der Waals surface area contributed by atoms with Gasteiger partial charge in [-0.3, -0.25) is 4.79 Å². The van der Waals surface area contributed by atoms with Gasteiger partial charge in [-0.2, -0.15) is 0 Å². The summed E-state index contributed by atoms with van der Waals surface area (Å²) in [5.41, 5.74) is 0. The maximum absolute atomic E-state index is 11.2. The van der Waals surface area contributed by atoms with Crippen molar-refractivity contribution in [3.63, 3.8) is 0 Å². The number of hydrogen-bond acceptors (Lipinski definition) is 2. The summed E-state index contributed by atoms with van der Waals surface area (Å²) >= 11 is 0. The Morgan fingerprint density at radius 2 is 2.08 bits per heavy atom. The molecule has 1 heterocycles. The molecule has 1 N–H and O–H groups in total. The molecule has 1 atom stereocenters. The van der Waals surface area contributed by atoms with Gasteiger partial charge < -0.3 is 10.2 Å². The van der Waals surface area contributed by atoms with E-state index in [9.17, 15) is 4.79 Å². The summed E-state index contributed by atoms with van der Waals surface area (Å²) in [5, 5.41) is 3.19. The number of rotatable bonds is 2. The normalized spacial score (nSPS) is 21.8. The SMILES string of the molecule is CCC1CN(CC)C(=O)CN1.Cl.Cl. The molecule has 1 rings (SSSR count). The van der Waals surface area contributed by atoms with Gasteiger partial charge in [0.2, 0.25) is 5.91 Å². The highest BCUT2D eigenvalue weighted by atomic mass is 35.5. The van der Waals surface area contributed by atoms with E-state index < -0.39 is 0 Å². The Labute approximate surface area is 92.1 Å². The first-order valence-electron chi connectivity index (χ1n) is 4.29. The molecule has 3 nitrogen and oxygen atoms in total. The van der Waals surface area contributed by atoms with E-state index in [2.05, 4.69) is 12.2 Å². The highest BCUT2D eigenvalue weighted by Crippen LogP contribution is 2.02. The van der Waals surface area contributed by atoms with E-state index in [0.717, 1.165) is 19.5 Å². The Bertz CT molecular complexity index is 155. The zero-order valence-electron chi connectivity index (χ0n) is 8.08. The Morgan fingerprint density at radius 1 is 1.46 bits per heavy atom. The Balaban J connectivity index is 0. The van der Waals surface area contributed by atoms with E-state index in [1.165, 1.54) is 0 Å². The largest absolute Gasteiger partial charge is 0.340 e. The molecular formula is C8H18Cl2N2O. The number of halogens is 2. The number of nitrogens with one attached hydrogen (secondary N) is 1. The molecule has 1 aliphatic rings. The van der Waals surface area contributed by atoms with E-state index >= 15 is 0 Å². The Morgan fingerprint density at radius 3 is 2.54 bits per heavy atom. The molecule has 0 aliphatic carbocycles. The molecule has 1 unspecified atom stereocenters. The van der Waals surface area contributed by atoms with Gasteiger partial charge in [0.05, 0.1) is 6.54 Å². The fourth-order valence-corrected chi connectivity index (χ4v) is 1.35. The van der Waals surface area contributed by atoms with E-state index in [0.29, 0.717) is 12.6 Å². The molecule has 80 valence electrons. The summed E-state index contributed by atoms with van der Waals surface area (Å²) < 4.78 is 0. The highest BCUT2D eigenvalue weighted by Gasteiger charge is 2.21. The number of nitrogens with zero attached hydrogens (tertiary/aromatic N) is 1. The van der Waals surface area contributed by atoms with Gasteiger partial charge in [-0.05, 0) is 13.3 Å². The minimum Gasteiger partial charge on any atom is -0.340 e. The molecule has 1 saturated heterocycles. The van der Waals surface area contributed by atoms with Gasteiger partial charge in [0.25, 0.3) is 0 Å². The van der Waals surface area contributed by atoms with Gasteiger partial charge in [-0.1, -0.05) is 6.92 Å². The lowest BCUT2D eigenvalue weighted by Gasteiger charge is -2.32. The molecule has 0 saturated carbocycles. The number of piperazine rings is 1. The molecule has 5 heteroatoms. The first-order valence-corrected chi connectivity index (χ1v) is 4.29. The second-order valence-electron chi connectivity index (χ2n) is 2.92. The monoisotopic (exact) mass is 228 g/mol. The molecule has 1 aliphatic heterocycles. The van der Waals surface area contributed by atoms with Crippen LogP contribution >= 0.6 is 24.8 Å². The smallest absolute Gasteiger partial charge is 0.236 e. The van der Waals surface area contributed by atoms with Gasteiger partial charge in [-0.25, -0.2) is 0 Å². The van der Waals surface area contributed by atoms with Gasteiger partial charge in [0, 0.05) is 19.1 Å². The first-order chi connectivity index (χ1) is 5.27. The molecule has 0 aromatic heterocycles. The average molecular weight is 229 g/mol. The zero-order chi connectivity index (χ0) is 8.27. The summed E-state index contributed by atoms with van der Waals surface area (Å²) in [7, 11) is 0. The molecule has 1 amide bonds. The third kappa shape index (κ3) is 4.16. The predicted octanol–water partition coefficient (Wildman–Crippen LogP) is 1.06. The topological polar surface area (TPSA) is 32.3 Å². The fourth-order valence-electron chi connectivity index (χ4n) is 1.35. The van der Waals surface area contributed by atoms with Crippen molar-refractivity contribution in [1.82, 2.24) is 10.2 Å². The number of amides is 1. The van der Waals surface area contributed by atoms with E-state index in [1.54, 1.807) is 0 Å². The lowest BCUT2D eigenvalue weighted by Crippen LogP contribution is -2.53.